The SMILES string of the molecule is CC(C)(O)COc1ccccc1CNC(=O)c1ccc(Nc2ncnc3ccccc23)cc1. The van der Waals surface area contributed by atoms with Crippen LogP contribution in [0.2, 0.25) is 0 Å². The Morgan fingerprint density at radius 2 is 1.70 bits per heavy atom. The first kappa shape index (κ1) is 22.2. The molecular weight excluding hydrogens is 416 g/mol. The lowest BCUT2D eigenvalue weighted by Crippen LogP contribution is -2.28. The number of anilines is 2. The van der Waals surface area contributed by atoms with Gasteiger partial charge in [-0.15, -0.1) is 0 Å². The van der Waals surface area contributed by atoms with E-state index in [9.17, 15) is 9.90 Å². The number of hydrogen-bond donors (Lipinski definition) is 3. The van der Waals surface area contributed by atoms with Gasteiger partial charge in [0.25, 0.3) is 5.91 Å². The Bertz CT molecular complexity index is 1250. The fraction of sp³-hybridized carbons (Fsp3) is 0.192. The van der Waals surface area contributed by atoms with Crippen LogP contribution in [0.15, 0.2) is 79.1 Å². The third-order valence-corrected chi connectivity index (χ3v) is 4.95. The fourth-order valence-corrected chi connectivity index (χ4v) is 3.27. The molecule has 0 aliphatic heterocycles. The molecule has 3 N–H and O–H groups in total. The van der Waals surface area contributed by atoms with Gasteiger partial charge in [0.2, 0.25) is 0 Å². The Labute approximate surface area is 192 Å². The molecule has 0 saturated carbocycles. The third-order valence-electron chi connectivity index (χ3n) is 4.95. The van der Waals surface area contributed by atoms with Gasteiger partial charge in [-0.05, 0) is 56.3 Å². The Balaban J connectivity index is 1.39. The van der Waals surface area contributed by atoms with E-state index in [2.05, 4.69) is 20.6 Å². The van der Waals surface area contributed by atoms with E-state index in [4.69, 9.17) is 4.74 Å². The highest BCUT2D eigenvalue weighted by atomic mass is 16.5. The van der Waals surface area contributed by atoms with Crippen LogP contribution in [0, 0.1) is 0 Å². The first-order valence-corrected chi connectivity index (χ1v) is 10.7. The number of amides is 1. The topological polar surface area (TPSA) is 96.4 Å². The number of ether oxygens (including phenoxy) is 1. The molecule has 4 aromatic rings. The maximum Gasteiger partial charge on any atom is 0.251 e. The number of nitrogens with zero attached hydrogens (tertiary/aromatic N) is 2. The van der Waals surface area contributed by atoms with E-state index in [1.54, 1.807) is 26.0 Å². The summed E-state index contributed by atoms with van der Waals surface area (Å²) in [5.41, 5.74) is 2.12. The lowest BCUT2D eigenvalue weighted by Gasteiger charge is -2.19. The quantitative estimate of drug-likeness (QED) is 0.373. The molecule has 0 fully saturated rings. The highest BCUT2D eigenvalue weighted by molar-refractivity contribution is 5.95. The van der Waals surface area contributed by atoms with Crippen molar-refractivity contribution in [2.24, 2.45) is 0 Å². The molecule has 3 aromatic carbocycles. The Hall–Kier alpha value is -3.97. The van der Waals surface area contributed by atoms with E-state index in [0.717, 1.165) is 22.2 Å². The van der Waals surface area contributed by atoms with Crippen molar-refractivity contribution >= 4 is 28.3 Å². The van der Waals surface area contributed by atoms with Crippen LogP contribution in [0.1, 0.15) is 29.8 Å². The predicted molar refractivity (Wildman–Crippen MR) is 129 cm³/mol. The van der Waals surface area contributed by atoms with Crippen LogP contribution in [0.25, 0.3) is 10.9 Å². The maximum atomic E-state index is 12.7. The van der Waals surface area contributed by atoms with Gasteiger partial charge in [-0.25, -0.2) is 9.97 Å². The van der Waals surface area contributed by atoms with E-state index in [0.29, 0.717) is 23.7 Å². The summed E-state index contributed by atoms with van der Waals surface area (Å²) in [6.45, 7) is 3.84. The summed E-state index contributed by atoms with van der Waals surface area (Å²) in [4.78, 5) is 21.3. The van der Waals surface area contributed by atoms with Crippen LogP contribution >= 0.6 is 0 Å². The number of nitrogens with one attached hydrogen (secondary N) is 2. The summed E-state index contributed by atoms with van der Waals surface area (Å²) in [5, 5.41) is 17.0. The van der Waals surface area contributed by atoms with E-state index >= 15 is 0 Å². The summed E-state index contributed by atoms with van der Waals surface area (Å²) in [7, 11) is 0. The molecule has 0 atom stereocenters. The molecule has 1 aromatic heterocycles. The Kier molecular flexibility index (Phi) is 6.51. The number of aromatic nitrogens is 2. The second kappa shape index (κ2) is 9.67. The van der Waals surface area contributed by atoms with Gasteiger partial charge in [0, 0.05) is 28.7 Å². The molecular formula is C26H26N4O3. The molecule has 0 aliphatic carbocycles. The molecule has 4 rings (SSSR count). The average molecular weight is 443 g/mol. The summed E-state index contributed by atoms with van der Waals surface area (Å²) in [6, 6.07) is 22.4. The smallest absolute Gasteiger partial charge is 0.251 e. The predicted octanol–water partition coefficient (Wildman–Crippen LogP) is 4.45. The lowest BCUT2D eigenvalue weighted by molar-refractivity contribution is 0.0281. The molecule has 7 heteroatoms. The zero-order valence-electron chi connectivity index (χ0n) is 18.6. The zero-order chi connectivity index (χ0) is 23.3. The first-order chi connectivity index (χ1) is 15.9. The Morgan fingerprint density at radius 1 is 0.970 bits per heavy atom. The van der Waals surface area contributed by atoms with E-state index in [-0.39, 0.29) is 12.5 Å². The van der Waals surface area contributed by atoms with Gasteiger partial charge >= 0.3 is 0 Å². The average Bonchev–Trinajstić information content (AvgIpc) is 2.82. The molecule has 33 heavy (non-hydrogen) atoms. The third kappa shape index (κ3) is 5.84. The monoisotopic (exact) mass is 442 g/mol. The van der Waals surface area contributed by atoms with E-state index in [1.807, 2.05) is 60.7 Å². The van der Waals surface area contributed by atoms with Crippen LogP contribution in [0.4, 0.5) is 11.5 Å². The normalized spacial score (nSPS) is 11.2. The van der Waals surface area contributed by atoms with Crippen LogP contribution in [-0.4, -0.2) is 33.2 Å². The number of rotatable bonds is 8. The lowest BCUT2D eigenvalue weighted by atomic mass is 10.1. The molecule has 1 amide bonds. The largest absolute Gasteiger partial charge is 0.490 e. The van der Waals surface area contributed by atoms with Crippen molar-refractivity contribution < 1.29 is 14.6 Å². The maximum absolute atomic E-state index is 12.7. The van der Waals surface area contributed by atoms with Crippen molar-refractivity contribution in [3.8, 4) is 5.75 Å². The molecule has 0 radical (unpaired) electrons. The molecule has 168 valence electrons. The van der Waals surface area contributed by atoms with Gasteiger partial charge < -0.3 is 20.5 Å². The van der Waals surface area contributed by atoms with Crippen LogP contribution in [0.5, 0.6) is 5.75 Å². The highest BCUT2D eigenvalue weighted by Crippen LogP contribution is 2.23. The molecule has 0 unspecified atom stereocenters. The van der Waals surface area contributed by atoms with E-state index in [1.165, 1.54) is 6.33 Å². The minimum Gasteiger partial charge on any atom is -0.490 e. The number of aliphatic hydroxyl groups is 1. The van der Waals surface area contributed by atoms with Crippen molar-refractivity contribution in [2.75, 3.05) is 11.9 Å². The second-order valence-corrected chi connectivity index (χ2v) is 8.33. The van der Waals surface area contributed by atoms with Crippen molar-refractivity contribution in [1.29, 1.82) is 0 Å². The standard InChI is InChI=1S/C26H26N4O3/c1-26(2,32)16-33-23-10-6-3-7-19(23)15-27-25(31)18-11-13-20(14-12-18)30-24-21-8-4-5-9-22(21)28-17-29-24/h3-14,17,32H,15-16H2,1-2H3,(H,27,31)(H,28,29,30). The summed E-state index contributed by atoms with van der Waals surface area (Å²) in [6.07, 6.45) is 1.52. The van der Waals surface area contributed by atoms with Gasteiger partial charge in [0.15, 0.2) is 0 Å². The summed E-state index contributed by atoms with van der Waals surface area (Å²) < 4.78 is 5.72. The number of para-hydroxylation sites is 2. The number of hydrogen-bond acceptors (Lipinski definition) is 6. The van der Waals surface area contributed by atoms with Crippen molar-refractivity contribution in [1.82, 2.24) is 15.3 Å². The number of benzene rings is 3. The molecule has 0 spiro atoms. The fourth-order valence-electron chi connectivity index (χ4n) is 3.27. The summed E-state index contributed by atoms with van der Waals surface area (Å²) >= 11 is 0. The second-order valence-electron chi connectivity index (χ2n) is 8.33. The zero-order valence-corrected chi connectivity index (χ0v) is 18.6. The first-order valence-electron chi connectivity index (χ1n) is 10.7. The van der Waals surface area contributed by atoms with E-state index < -0.39 is 5.60 Å². The van der Waals surface area contributed by atoms with Crippen molar-refractivity contribution in [2.45, 2.75) is 26.0 Å². The number of fused-ring (bicyclic) bond motifs is 1. The van der Waals surface area contributed by atoms with Gasteiger partial charge in [0.1, 0.15) is 24.5 Å². The Morgan fingerprint density at radius 3 is 2.48 bits per heavy atom. The minimum absolute atomic E-state index is 0.161. The molecule has 0 aliphatic rings. The van der Waals surface area contributed by atoms with Gasteiger partial charge in [-0.2, -0.15) is 0 Å². The van der Waals surface area contributed by atoms with Crippen molar-refractivity contribution in [3.05, 3.63) is 90.3 Å². The van der Waals surface area contributed by atoms with Gasteiger partial charge in [-0.1, -0.05) is 30.3 Å². The molecule has 0 saturated heterocycles. The van der Waals surface area contributed by atoms with Crippen LogP contribution in [0.3, 0.4) is 0 Å². The molecule has 0 bridgehead atoms. The minimum atomic E-state index is -0.940. The summed E-state index contributed by atoms with van der Waals surface area (Å²) in [5.74, 6) is 1.16. The highest BCUT2D eigenvalue weighted by Gasteiger charge is 2.15. The number of carbonyl (C=O) groups excluding carboxylic acids is 1. The van der Waals surface area contributed by atoms with Crippen LogP contribution < -0.4 is 15.4 Å². The molecule has 7 nitrogen and oxygen atoms in total. The molecule has 1 heterocycles. The van der Waals surface area contributed by atoms with Crippen LogP contribution in [-0.2, 0) is 6.54 Å². The van der Waals surface area contributed by atoms with Crippen molar-refractivity contribution in [3.63, 3.8) is 0 Å². The van der Waals surface area contributed by atoms with Gasteiger partial charge in [-0.3, -0.25) is 4.79 Å². The number of carbonyl (C=O) groups is 1. The van der Waals surface area contributed by atoms with Gasteiger partial charge in [0.05, 0.1) is 11.1 Å².